The first-order valence-corrected chi connectivity index (χ1v) is 5.88. The van der Waals surface area contributed by atoms with E-state index in [2.05, 4.69) is 35.8 Å². The number of benzene rings is 1. The van der Waals surface area contributed by atoms with Crippen LogP contribution in [-0.4, -0.2) is 6.04 Å². The van der Waals surface area contributed by atoms with Gasteiger partial charge in [-0.05, 0) is 30.7 Å². The van der Waals surface area contributed by atoms with Gasteiger partial charge >= 0.3 is 0 Å². The zero-order valence-corrected chi connectivity index (χ0v) is 9.15. The molecule has 1 aromatic carbocycles. The zero-order chi connectivity index (χ0) is 10.5. The number of rotatable bonds is 6. The van der Waals surface area contributed by atoms with E-state index in [1.165, 1.54) is 24.8 Å². The van der Waals surface area contributed by atoms with Crippen molar-refractivity contribution in [2.24, 2.45) is 11.8 Å². The molecule has 82 valence electrons. The maximum absolute atomic E-state index is 5.56. The van der Waals surface area contributed by atoms with E-state index in [4.69, 9.17) is 5.84 Å². The van der Waals surface area contributed by atoms with Gasteiger partial charge in [0.05, 0.1) is 0 Å². The minimum absolute atomic E-state index is 0.498. The van der Waals surface area contributed by atoms with Crippen LogP contribution in [0.5, 0.6) is 0 Å². The molecule has 0 radical (unpaired) electrons. The van der Waals surface area contributed by atoms with Gasteiger partial charge in [-0.25, -0.2) is 0 Å². The van der Waals surface area contributed by atoms with Crippen LogP contribution in [-0.2, 0) is 6.42 Å². The summed E-state index contributed by atoms with van der Waals surface area (Å²) in [6.45, 7) is 0. The Morgan fingerprint density at radius 3 is 2.60 bits per heavy atom. The van der Waals surface area contributed by atoms with Crippen molar-refractivity contribution >= 4 is 0 Å². The molecule has 1 fully saturated rings. The van der Waals surface area contributed by atoms with Gasteiger partial charge in [0.25, 0.3) is 0 Å². The van der Waals surface area contributed by atoms with Crippen LogP contribution < -0.4 is 11.3 Å². The summed E-state index contributed by atoms with van der Waals surface area (Å²) in [5.41, 5.74) is 4.35. The van der Waals surface area contributed by atoms with Crippen molar-refractivity contribution in [3.63, 3.8) is 0 Å². The quantitative estimate of drug-likeness (QED) is 0.551. The third-order valence-electron chi connectivity index (χ3n) is 3.17. The summed E-state index contributed by atoms with van der Waals surface area (Å²) in [6.07, 6.45) is 6.34. The van der Waals surface area contributed by atoms with Crippen LogP contribution in [0, 0.1) is 5.92 Å². The number of nitrogens with two attached hydrogens (primary N) is 1. The van der Waals surface area contributed by atoms with Gasteiger partial charge in [-0.3, -0.25) is 11.3 Å². The predicted octanol–water partition coefficient (Wildman–Crippen LogP) is 2.25. The van der Waals surface area contributed by atoms with Gasteiger partial charge in [0.1, 0.15) is 0 Å². The predicted molar refractivity (Wildman–Crippen MR) is 63.2 cm³/mol. The molecule has 1 aliphatic carbocycles. The van der Waals surface area contributed by atoms with Gasteiger partial charge in [0.15, 0.2) is 0 Å². The van der Waals surface area contributed by atoms with Crippen LogP contribution >= 0.6 is 0 Å². The molecule has 3 N–H and O–H groups in total. The Morgan fingerprint density at radius 1 is 1.27 bits per heavy atom. The number of hydrogen-bond donors (Lipinski definition) is 2. The van der Waals surface area contributed by atoms with Crippen molar-refractivity contribution in [3.05, 3.63) is 35.9 Å². The average molecular weight is 204 g/mol. The van der Waals surface area contributed by atoms with E-state index < -0.39 is 0 Å². The van der Waals surface area contributed by atoms with Gasteiger partial charge in [-0.2, -0.15) is 0 Å². The molecule has 1 unspecified atom stereocenters. The van der Waals surface area contributed by atoms with Gasteiger partial charge in [-0.15, -0.1) is 0 Å². The van der Waals surface area contributed by atoms with Crippen molar-refractivity contribution < 1.29 is 0 Å². The molecule has 0 amide bonds. The molecular weight excluding hydrogens is 184 g/mol. The maximum Gasteiger partial charge on any atom is 0.0216 e. The first kappa shape index (κ1) is 10.7. The number of nitrogens with one attached hydrogen (secondary N) is 1. The fourth-order valence-electron chi connectivity index (χ4n) is 2.01. The number of aryl methyl sites for hydroxylation is 1. The average Bonchev–Trinajstić information content (AvgIpc) is 3.09. The van der Waals surface area contributed by atoms with Crippen LogP contribution in [0.2, 0.25) is 0 Å². The lowest BCUT2D eigenvalue weighted by Crippen LogP contribution is -2.35. The summed E-state index contributed by atoms with van der Waals surface area (Å²) in [5, 5.41) is 0. The molecule has 0 spiro atoms. The molecule has 1 saturated carbocycles. The molecule has 0 heterocycles. The van der Waals surface area contributed by atoms with Gasteiger partial charge in [0, 0.05) is 6.04 Å². The molecule has 15 heavy (non-hydrogen) atoms. The largest absolute Gasteiger partial charge is 0.271 e. The van der Waals surface area contributed by atoms with Crippen LogP contribution in [0.3, 0.4) is 0 Å². The minimum atomic E-state index is 0.498. The van der Waals surface area contributed by atoms with E-state index in [1.807, 2.05) is 0 Å². The first-order chi connectivity index (χ1) is 7.38. The third-order valence-corrected chi connectivity index (χ3v) is 3.17. The van der Waals surface area contributed by atoms with Crippen molar-refractivity contribution in [3.8, 4) is 0 Å². The maximum atomic E-state index is 5.56. The minimum Gasteiger partial charge on any atom is -0.271 e. The molecule has 0 bridgehead atoms. The zero-order valence-electron chi connectivity index (χ0n) is 9.15. The van der Waals surface area contributed by atoms with E-state index in [1.54, 1.807) is 0 Å². The summed E-state index contributed by atoms with van der Waals surface area (Å²) in [7, 11) is 0. The Kier molecular flexibility index (Phi) is 3.75. The summed E-state index contributed by atoms with van der Waals surface area (Å²) in [6, 6.07) is 11.1. The molecule has 1 aliphatic rings. The Balaban J connectivity index is 1.75. The Hall–Kier alpha value is -0.860. The summed E-state index contributed by atoms with van der Waals surface area (Å²) in [5.74, 6) is 6.51. The fraction of sp³-hybridized carbons (Fsp3) is 0.538. The summed E-state index contributed by atoms with van der Waals surface area (Å²) >= 11 is 0. The van der Waals surface area contributed by atoms with Crippen LogP contribution in [0.1, 0.15) is 31.2 Å². The molecule has 0 aromatic heterocycles. The lowest BCUT2D eigenvalue weighted by atomic mass is 10.0. The van der Waals surface area contributed by atoms with Crippen LogP contribution in [0.4, 0.5) is 0 Å². The normalized spacial score (nSPS) is 17.7. The second-order valence-corrected chi connectivity index (χ2v) is 4.57. The van der Waals surface area contributed by atoms with E-state index >= 15 is 0 Å². The standard InChI is InChI=1S/C13H20N2/c14-15-13(10-12-6-7-12)9-8-11-4-2-1-3-5-11/h1-5,12-13,15H,6-10,14H2. The fourth-order valence-corrected chi connectivity index (χ4v) is 2.01. The van der Waals surface area contributed by atoms with Crippen molar-refractivity contribution in [1.82, 2.24) is 5.43 Å². The third kappa shape index (κ3) is 3.65. The van der Waals surface area contributed by atoms with Gasteiger partial charge in [-0.1, -0.05) is 43.2 Å². The summed E-state index contributed by atoms with van der Waals surface area (Å²) in [4.78, 5) is 0. The highest BCUT2D eigenvalue weighted by Crippen LogP contribution is 2.34. The van der Waals surface area contributed by atoms with Crippen molar-refractivity contribution in [2.45, 2.75) is 38.1 Å². The summed E-state index contributed by atoms with van der Waals surface area (Å²) < 4.78 is 0. The molecule has 1 aromatic rings. The van der Waals surface area contributed by atoms with E-state index in [-0.39, 0.29) is 0 Å². The molecule has 2 nitrogen and oxygen atoms in total. The number of hydrogen-bond acceptors (Lipinski definition) is 2. The number of hydrazine groups is 1. The highest BCUT2D eigenvalue weighted by atomic mass is 15.2. The van der Waals surface area contributed by atoms with Crippen molar-refractivity contribution in [2.75, 3.05) is 0 Å². The molecule has 0 aliphatic heterocycles. The molecule has 0 saturated heterocycles. The topological polar surface area (TPSA) is 38.0 Å². The lowest BCUT2D eigenvalue weighted by Gasteiger charge is -2.15. The highest BCUT2D eigenvalue weighted by molar-refractivity contribution is 5.14. The molecular formula is C13H20N2. The second-order valence-electron chi connectivity index (χ2n) is 4.57. The van der Waals surface area contributed by atoms with Crippen LogP contribution in [0.15, 0.2) is 30.3 Å². The Morgan fingerprint density at radius 2 is 2.00 bits per heavy atom. The Bertz CT molecular complexity index is 280. The highest BCUT2D eigenvalue weighted by Gasteiger charge is 2.24. The molecule has 2 heteroatoms. The SMILES string of the molecule is NNC(CCc1ccccc1)CC1CC1. The van der Waals surface area contributed by atoms with Crippen LogP contribution in [0.25, 0.3) is 0 Å². The van der Waals surface area contributed by atoms with Crippen molar-refractivity contribution in [1.29, 1.82) is 0 Å². The van der Waals surface area contributed by atoms with E-state index in [0.717, 1.165) is 18.8 Å². The first-order valence-electron chi connectivity index (χ1n) is 5.88. The van der Waals surface area contributed by atoms with E-state index in [9.17, 15) is 0 Å². The lowest BCUT2D eigenvalue weighted by molar-refractivity contribution is 0.442. The molecule has 2 rings (SSSR count). The van der Waals surface area contributed by atoms with Gasteiger partial charge < -0.3 is 0 Å². The smallest absolute Gasteiger partial charge is 0.0216 e. The molecule has 1 atom stereocenters. The monoisotopic (exact) mass is 204 g/mol. The second kappa shape index (κ2) is 5.29. The van der Waals surface area contributed by atoms with Gasteiger partial charge in [0.2, 0.25) is 0 Å². The van der Waals surface area contributed by atoms with E-state index in [0.29, 0.717) is 6.04 Å². The Labute approximate surface area is 91.8 Å².